The van der Waals surface area contributed by atoms with Crippen molar-refractivity contribution in [3.8, 4) is 11.5 Å². The minimum atomic E-state index is -4.91. The van der Waals surface area contributed by atoms with Crippen LogP contribution in [0.15, 0.2) is 30.4 Å². The number of rotatable bonds is 6. The maximum Gasteiger partial charge on any atom is 0.573 e. The van der Waals surface area contributed by atoms with Crippen LogP contribution in [0.3, 0.4) is 0 Å². The van der Waals surface area contributed by atoms with E-state index in [-0.39, 0.29) is 32.2 Å². The molecule has 4 heterocycles. The Morgan fingerprint density at radius 1 is 1.02 bits per heavy atom. The number of hydrogen-bond acceptors (Lipinski definition) is 10. The van der Waals surface area contributed by atoms with Gasteiger partial charge in [-0.1, -0.05) is 25.0 Å². The predicted molar refractivity (Wildman–Crippen MR) is 211 cm³/mol. The zero-order chi connectivity index (χ0) is 42.9. The van der Waals surface area contributed by atoms with Gasteiger partial charge in [-0.15, -0.1) is 13.2 Å². The Bertz CT molecular complexity index is 2240. The summed E-state index contributed by atoms with van der Waals surface area (Å²) in [6.45, 7) is 5.02. The molecular formula is C42H52F3N5O9S. The van der Waals surface area contributed by atoms with Gasteiger partial charge in [0.25, 0.3) is 5.91 Å². The molecule has 5 atom stereocenters. The van der Waals surface area contributed by atoms with E-state index in [2.05, 4.69) is 25.1 Å². The topological polar surface area (TPSA) is 182 Å². The first-order valence-electron chi connectivity index (χ1n) is 21.0. The van der Waals surface area contributed by atoms with E-state index in [0.717, 1.165) is 19.3 Å². The summed E-state index contributed by atoms with van der Waals surface area (Å²) in [5.74, 6) is -2.67. The smallest absolute Gasteiger partial charge is 0.483 e. The molecule has 1 saturated heterocycles. The van der Waals surface area contributed by atoms with Crippen molar-refractivity contribution >= 4 is 44.7 Å². The van der Waals surface area contributed by atoms with Gasteiger partial charge in [0.05, 0.1) is 22.5 Å². The summed E-state index contributed by atoms with van der Waals surface area (Å²) in [7, 11) is -4.07. The fourth-order valence-electron chi connectivity index (χ4n) is 9.41. The highest BCUT2D eigenvalue weighted by atomic mass is 32.2. The number of carbonyl (C=O) groups excluding carboxylic acids is 4. The first kappa shape index (κ1) is 42.1. The number of fused-ring (bicyclic) bond motifs is 5. The van der Waals surface area contributed by atoms with Gasteiger partial charge < -0.3 is 29.7 Å². The fourth-order valence-corrected chi connectivity index (χ4v) is 10.7. The van der Waals surface area contributed by atoms with Crippen LogP contribution in [0.25, 0.3) is 10.9 Å². The zero-order valence-corrected chi connectivity index (χ0v) is 34.9. The van der Waals surface area contributed by atoms with Crippen LogP contribution in [-0.2, 0) is 35.6 Å². The lowest BCUT2D eigenvalue weighted by atomic mass is 9.65. The Hall–Kier alpha value is -4.61. The molecule has 18 heteroatoms. The first-order chi connectivity index (χ1) is 28.2. The van der Waals surface area contributed by atoms with E-state index < -0.39 is 85.4 Å². The van der Waals surface area contributed by atoms with Gasteiger partial charge in [0, 0.05) is 23.3 Å². The number of halogens is 3. The maximum atomic E-state index is 14.9. The number of sulfonamides is 1. The molecule has 2 aromatic rings. The van der Waals surface area contributed by atoms with Crippen molar-refractivity contribution in [3.05, 3.63) is 41.6 Å². The summed E-state index contributed by atoms with van der Waals surface area (Å²) < 4.78 is 84.1. The molecule has 3 N–H and O–H groups in total. The van der Waals surface area contributed by atoms with Gasteiger partial charge in [0.1, 0.15) is 40.3 Å². The van der Waals surface area contributed by atoms with E-state index in [9.17, 15) is 40.8 Å². The molecule has 4 amide bonds. The van der Waals surface area contributed by atoms with Crippen LogP contribution in [0, 0.1) is 12.8 Å². The molecule has 0 bridgehead atoms. The second-order valence-corrected chi connectivity index (χ2v) is 20.3. The van der Waals surface area contributed by atoms with Gasteiger partial charge in [-0.2, -0.15) is 0 Å². The van der Waals surface area contributed by atoms with Crippen molar-refractivity contribution in [2.45, 2.75) is 157 Å². The number of benzene rings is 1. The van der Waals surface area contributed by atoms with Crippen molar-refractivity contribution in [2.24, 2.45) is 5.92 Å². The molecular weight excluding hydrogens is 808 g/mol. The number of aryl methyl sites for hydroxylation is 2. The number of ether oxygens (including phenoxy) is 3. The lowest BCUT2D eigenvalue weighted by molar-refractivity contribution is -0.274. The van der Waals surface area contributed by atoms with Crippen LogP contribution in [0.5, 0.6) is 11.5 Å². The highest BCUT2D eigenvalue weighted by molar-refractivity contribution is 7.91. The highest BCUT2D eigenvalue weighted by Gasteiger charge is 2.60. The molecule has 3 aliphatic heterocycles. The van der Waals surface area contributed by atoms with E-state index in [0.29, 0.717) is 79.3 Å². The minimum absolute atomic E-state index is 0.0392. The number of alkyl carbamates (subject to hydrolysis) is 1. The van der Waals surface area contributed by atoms with Gasteiger partial charge in [-0.25, -0.2) is 18.2 Å². The number of hydrogen-bond donors (Lipinski definition) is 3. The number of alkyl halides is 3. The Balaban J connectivity index is 1.14. The van der Waals surface area contributed by atoms with Crippen LogP contribution in [0.2, 0.25) is 0 Å². The van der Waals surface area contributed by atoms with E-state index >= 15 is 0 Å². The normalized spacial score (nSPS) is 30.4. The number of aromatic nitrogens is 1. The molecule has 0 unspecified atom stereocenters. The van der Waals surface area contributed by atoms with Crippen LogP contribution in [0.1, 0.15) is 115 Å². The van der Waals surface area contributed by atoms with E-state index in [4.69, 9.17) is 9.47 Å². The molecule has 3 saturated carbocycles. The molecule has 4 fully saturated rings. The van der Waals surface area contributed by atoms with E-state index in [1.54, 1.807) is 13.8 Å². The average Bonchev–Trinajstić information content (AvgIpc) is 3.82. The Morgan fingerprint density at radius 3 is 2.45 bits per heavy atom. The Kier molecular flexibility index (Phi) is 10.6. The lowest BCUT2D eigenvalue weighted by Crippen LogP contribution is -2.70. The third kappa shape index (κ3) is 7.99. The van der Waals surface area contributed by atoms with Gasteiger partial charge in [-0.3, -0.25) is 19.1 Å². The molecule has 326 valence electrons. The number of pyridine rings is 1. The van der Waals surface area contributed by atoms with Crippen LogP contribution in [0.4, 0.5) is 18.0 Å². The van der Waals surface area contributed by atoms with Crippen LogP contribution in [-0.4, -0.2) is 88.6 Å². The van der Waals surface area contributed by atoms with Gasteiger partial charge >= 0.3 is 12.5 Å². The number of amides is 4. The molecule has 1 aromatic carbocycles. The predicted octanol–water partition coefficient (Wildman–Crippen LogP) is 5.93. The molecule has 60 heavy (non-hydrogen) atoms. The van der Waals surface area contributed by atoms with Gasteiger partial charge in [-0.05, 0) is 116 Å². The monoisotopic (exact) mass is 859 g/mol. The van der Waals surface area contributed by atoms with Crippen molar-refractivity contribution in [1.82, 2.24) is 25.2 Å². The second kappa shape index (κ2) is 15.1. The maximum absolute atomic E-state index is 14.9. The second-order valence-electron chi connectivity index (χ2n) is 18.1. The van der Waals surface area contributed by atoms with Crippen molar-refractivity contribution < 1.29 is 55.0 Å². The van der Waals surface area contributed by atoms with E-state index in [1.165, 1.54) is 23.1 Å². The van der Waals surface area contributed by atoms with Gasteiger partial charge in [0.15, 0.2) is 0 Å². The standard InChI is InChI=1S/C42H52F3N5O9S/c1-25-33-28(29-22-27(57-42(43,44)45)12-13-30(29)46-25)15-18-40(58-33)23-32-34(51)48-41(36(53)49-60(55,56)39(3)20-21-39)19-14-26(41)10-7-5-4-6-8-11-31(35(52)50(32)24-40)47-37(54)59-38(2)16-9-17-38/h7,10,12-13,22,26,31-32H,4-6,8-9,11,14-21,23-24H2,1-3H3,(H,47,54)(H,48,51)(H,49,53)/b10-7-/t26-,31+,32+,40-,41-/m1/s1. The molecule has 3 aliphatic carbocycles. The quantitative estimate of drug-likeness (QED) is 0.295. The number of carbonyl (C=O) groups is 4. The summed E-state index contributed by atoms with van der Waals surface area (Å²) >= 11 is 0. The zero-order valence-electron chi connectivity index (χ0n) is 34.0. The van der Waals surface area contributed by atoms with Crippen LogP contribution < -0.4 is 24.8 Å². The molecule has 1 spiro atoms. The van der Waals surface area contributed by atoms with Crippen molar-refractivity contribution in [1.29, 1.82) is 0 Å². The van der Waals surface area contributed by atoms with Crippen molar-refractivity contribution in [3.63, 3.8) is 0 Å². The minimum Gasteiger partial charge on any atom is -0.483 e. The summed E-state index contributed by atoms with van der Waals surface area (Å²) in [4.78, 5) is 63.2. The van der Waals surface area contributed by atoms with E-state index in [1.807, 2.05) is 19.1 Å². The first-order valence-corrected chi connectivity index (χ1v) is 22.5. The average molecular weight is 860 g/mol. The summed E-state index contributed by atoms with van der Waals surface area (Å²) in [6, 6.07) is 1.61. The van der Waals surface area contributed by atoms with Gasteiger partial charge in [0.2, 0.25) is 21.8 Å². The Morgan fingerprint density at radius 2 is 1.78 bits per heavy atom. The van der Waals surface area contributed by atoms with Crippen molar-refractivity contribution in [2.75, 3.05) is 6.54 Å². The summed E-state index contributed by atoms with van der Waals surface area (Å²) in [6.07, 6.45) is 5.40. The molecule has 8 rings (SSSR count). The molecule has 0 radical (unpaired) electrons. The Labute approximate surface area is 346 Å². The lowest BCUT2D eigenvalue weighted by Gasteiger charge is -2.48. The number of nitrogens with zero attached hydrogens (tertiary/aromatic N) is 2. The third-order valence-corrected chi connectivity index (χ3v) is 15.8. The SMILES string of the molecule is Cc1nc2ccc(OC(F)(F)F)cc2c2c1O[C@]1(CC2)C[C@H]2C(=O)N[C@]3(C(=O)NS(=O)(=O)C4(C)CC4)CC[C@H]3/C=C\CCCCC[C@H](NC(=O)OC3(C)CCC3)C(=O)N2C1. The molecule has 6 aliphatic rings. The number of nitrogens with one attached hydrogen (secondary N) is 3. The molecule has 1 aromatic heterocycles. The third-order valence-electron chi connectivity index (χ3n) is 13.7. The molecule has 14 nitrogen and oxygen atoms in total. The fraction of sp³-hybridized carbons (Fsp3) is 0.643. The summed E-state index contributed by atoms with van der Waals surface area (Å²) in [5.41, 5.74) is -1.94. The van der Waals surface area contributed by atoms with Crippen LogP contribution >= 0.6 is 0 Å². The largest absolute Gasteiger partial charge is 0.573 e. The summed E-state index contributed by atoms with van der Waals surface area (Å²) in [5, 5.41) is 6.15. The highest BCUT2D eigenvalue weighted by Crippen LogP contribution is 2.48. The number of allylic oxidation sites excluding steroid dienone is 1.